The molecule has 0 aliphatic rings. The predicted octanol–water partition coefficient (Wildman–Crippen LogP) is 6.46. The summed E-state index contributed by atoms with van der Waals surface area (Å²) < 4.78 is 47.1. The van der Waals surface area contributed by atoms with Crippen molar-refractivity contribution in [1.82, 2.24) is 19.5 Å². The zero-order valence-corrected chi connectivity index (χ0v) is 19.2. The molecule has 3 aromatic heterocycles. The van der Waals surface area contributed by atoms with Crippen LogP contribution in [-0.2, 0) is 12.7 Å². The lowest BCUT2D eigenvalue weighted by molar-refractivity contribution is -0.141. The van der Waals surface area contributed by atoms with Gasteiger partial charge in [0, 0.05) is 40.8 Å². The Hall–Kier alpha value is -3.11. The number of nitrogens with zero attached hydrogens (tertiary/aromatic N) is 4. The largest absolute Gasteiger partial charge is 0.489 e. The van der Waals surface area contributed by atoms with Crippen LogP contribution in [0.1, 0.15) is 24.4 Å². The predicted molar refractivity (Wildman–Crippen MR) is 122 cm³/mol. The topological polar surface area (TPSA) is 64.9 Å². The molecule has 4 aromatic rings. The summed E-state index contributed by atoms with van der Waals surface area (Å²) >= 11 is 7.73. The Kier molecular flexibility index (Phi) is 6.57. The minimum Gasteiger partial charge on any atom is -0.489 e. The summed E-state index contributed by atoms with van der Waals surface area (Å²) in [5.74, 6) is 0.717. The molecule has 0 atom stereocenters. The highest BCUT2D eigenvalue weighted by molar-refractivity contribution is 7.15. The number of nitrogens with one attached hydrogen (secondary N) is 1. The first-order valence-corrected chi connectivity index (χ1v) is 11.1. The van der Waals surface area contributed by atoms with Gasteiger partial charge < -0.3 is 10.1 Å². The minimum atomic E-state index is -4.57. The van der Waals surface area contributed by atoms with Crippen molar-refractivity contribution in [2.24, 2.45) is 0 Å². The number of hydrogen-bond donors (Lipinski definition) is 1. The highest BCUT2D eigenvalue weighted by Crippen LogP contribution is 2.34. The minimum absolute atomic E-state index is 0.00577. The van der Waals surface area contributed by atoms with Crippen LogP contribution in [0, 0.1) is 0 Å². The third-order valence-corrected chi connectivity index (χ3v) is 5.77. The van der Waals surface area contributed by atoms with E-state index in [2.05, 4.69) is 20.3 Å². The number of alkyl halides is 3. The summed E-state index contributed by atoms with van der Waals surface area (Å²) in [6.45, 7) is 4.14. The van der Waals surface area contributed by atoms with E-state index in [-0.39, 0.29) is 17.6 Å². The fourth-order valence-electron chi connectivity index (χ4n) is 2.99. The average molecular weight is 494 g/mol. The molecule has 0 saturated carbocycles. The van der Waals surface area contributed by atoms with E-state index in [0.29, 0.717) is 17.3 Å². The number of ether oxygens (including phenoxy) is 1. The molecule has 1 aromatic carbocycles. The van der Waals surface area contributed by atoms with Crippen LogP contribution in [-0.4, -0.2) is 25.6 Å². The van der Waals surface area contributed by atoms with E-state index in [0.717, 1.165) is 21.5 Å². The van der Waals surface area contributed by atoms with Gasteiger partial charge in [0.05, 0.1) is 17.7 Å². The Morgan fingerprint density at radius 3 is 2.70 bits per heavy atom. The second-order valence-corrected chi connectivity index (χ2v) is 8.89. The number of imidazole rings is 1. The molecule has 0 amide bonds. The van der Waals surface area contributed by atoms with Gasteiger partial charge in [0.15, 0.2) is 0 Å². The number of pyridine rings is 1. The van der Waals surface area contributed by atoms with Crippen molar-refractivity contribution >= 4 is 28.6 Å². The molecule has 0 aliphatic carbocycles. The van der Waals surface area contributed by atoms with E-state index in [9.17, 15) is 13.2 Å². The molecule has 0 saturated heterocycles. The maximum atomic E-state index is 13.3. The normalized spacial score (nSPS) is 11.7. The van der Waals surface area contributed by atoms with E-state index in [4.69, 9.17) is 16.3 Å². The van der Waals surface area contributed by atoms with Crippen molar-refractivity contribution in [3.63, 3.8) is 0 Å². The first kappa shape index (κ1) is 23.1. The highest BCUT2D eigenvalue weighted by Gasteiger charge is 2.33. The molecule has 0 unspecified atom stereocenters. The summed E-state index contributed by atoms with van der Waals surface area (Å²) in [6.07, 6.45) is 1.51. The molecule has 6 nitrogen and oxygen atoms in total. The van der Waals surface area contributed by atoms with Gasteiger partial charge in [-0.3, -0.25) is 4.57 Å². The maximum Gasteiger partial charge on any atom is 0.433 e. The Bertz CT molecular complexity index is 1240. The monoisotopic (exact) mass is 493 g/mol. The molecule has 11 heteroatoms. The van der Waals surface area contributed by atoms with Gasteiger partial charge >= 0.3 is 6.18 Å². The van der Waals surface area contributed by atoms with Gasteiger partial charge in [0.1, 0.15) is 28.6 Å². The van der Waals surface area contributed by atoms with Crippen LogP contribution in [0.3, 0.4) is 0 Å². The lowest BCUT2D eigenvalue weighted by atomic mass is 10.2. The summed E-state index contributed by atoms with van der Waals surface area (Å²) in [5.41, 5.74) is 0.131. The third kappa shape index (κ3) is 5.63. The molecule has 4 rings (SSSR count). The number of anilines is 1. The van der Waals surface area contributed by atoms with Crippen molar-refractivity contribution in [3.05, 3.63) is 70.8 Å². The third-order valence-electron chi connectivity index (χ3n) is 4.43. The van der Waals surface area contributed by atoms with Crippen LogP contribution in [0.15, 0.2) is 55.2 Å². The van der Waals surface area contributed by atoms with Gasteiger partial charge in [-0.25, -0.2) is 15.0 Å². The smallest absolute Gasteiger partial charge is 0.433 e. The second-order valence-electron chi connectivity index (χ2n) is 7.36. The van der Waals surface area contributed by atoms with Crippen molar-refractivity contribution in [2.75, 3.05) is 5.32 Å². The van der Waals surface area contributed by atoms with E-state index in [1.807, 2.05) is 19.9 Å². The molecule has 0 fully saturated rings. The number of aromatic nitrogens is 4. The molecule has 172 valence electrons. The zero-order valence-electron chi connectivity index (χ0n) is 17.6. The molecule has 0 bridgehead atoms. The van der Waals surface area contributed by atoms with Crippen LogP contribution in [0.25, 0.3) is 16.4 Å². The first-order valence-electron chi connectivity index (χ1n) is 9.92. The molecule has 0 spiro atoms. The average Bonchev–Trinajstić information content (AvgIpc) is 3.45. The van der Waals surface area contributed by atoms with Crippen LogP contribution in [0.2, 0.25) is 5.02 Å². The van der Waals surface area contributed by atoms with Crippen molar-refractivity contribution in [3.8, 4) is 22.1 Å². The summed E-state index contributed by atoms with van der Waals surface area (Å²) in [6, 6.07) is 7.96. The lowest BCUT2D eigenvalue weighted by Gasteiger charge is -2.12. The van der Waals surface area contributed by atoms with Gasteiger partial charge in [-0.1, -0.05) is 11.6 Å². The van der Waals surface area contributed by atoms with Crippen LogP contribution in [0.5, 0.6) is 5.75 Å². The van der Waals surface area contributed by atoms with Crippen molar-refractivity contribution in [1.29, 1.82) is 0 Å². The Labute approximate surface area is 197 Å². The standard InChI is InChI=1S/C22H19ClF3N5OS/c1-13(2)32-18-4-3-14(7-17(18)23)21-29-11-16(33-21)10-28-15-8-19(22(24,25)26)30-20(9-15)31-6-5-27-12-31/h3-9,11-13H,10H2,1-2H3,(H,28,30). The van der Waals surface area contributed by atoms with E-state index in [1.54, 1.807) is 18.3 Å². The maximum absolute atomic E-state index is 13.3. The number of benzene rings is 1. The summed E-state index contributed by atoms with van der Waals surface area (Å²) in [7, 11) is 0. The molecular formula is C22H19ClF3N5OS. The zero-order chi connectivity index (χ0) is 23.6. The molecule has 33 heavy (non-hydrogen) atoms. The number of thiazole rings is 1. The van der Waals surface area contributed by atoms with Gasteiger partial charge in [-0.15, -0.1) is 11.3 Å². The van der Waals surface area contributed by atoms with Gasteiger partial charge in [-0.05, 0) is 38.1 Å². The Morgan fingerprint density at radius 1 is 1.21 bits per heavy atom. The Morgan fingerprint density at radius 2 is 2.03 bits per heavy atom. The number of rotatable bonds is 7. The fraction of sp³-hybridized carbons (Fsp3) is 0.227. The molecular weight excluding hydrogens is 475 g/mol. The first-order chi connectivity index (χ1) is 15.7. The number of halogens is 4. The molecule has 0 aliphatic heterocycles. The van der Waals surface area contributed by atoms with E-state index >= 15 is 0 Å². The second kappa shape index (κ2) is 9.40. The van der Waals surface area contributed by atoms with E-state index < -0.39 is 11.9 Å². The van der Waals surface area contributed by atoms with E-state index in [1.165, 1.54) is 40.7 Å². The molecule has 3 heterocycles. The Balaban J connectivity index is 1.52. The SMILES string of the molecule is CC(C)Oc1ccc(-c2ncc(CNc3cc(-n4ccnc4)nc(C(F)(F)F)c3)s2)cc1Cl. The fourth-order valence-corrected chi connectivity index (χ4v) is 4.06. The van der Waals surface area contributed by atoms with Gasteiger partial charge in [-0.2, -0.15) is 13.2 Å². The quantitative estimate of drug-likeness (QED) is 0.320. The lowest BCUT2D eigenvalue weighted by Crippen LogP contribution is -2.11. The highest BCUT2D eigenvalue weighted by atomic mass is 35.5. The van der Waals surface area contributed by atoms with Gasteiger partial charge in [0.25, 0.3) is 0 Å². The molecule has 1 N–H and O–H groups in total. The van der Waals surface area contributed by atoms with Crippen LogP contribution in [0.4, 0.5) is 18.9 Å². The summed E-state index contributed by atoms with van der Waals surface area (Å²) in [4.78, 5) is 12.8. The van der Waals surface area contributed by atoms with Crippen LogP contribution < -0.4 is 10.1 Å². The van der Waals surface area contributed by atoms with Crippen LogP contribution >= 0.6 is 22.9 Å². The van der Waals surface area contributed by atoms with Gasteiger partial charge in [0.2, 0.25) is 0 Å². The van der Waals surface area contributed by atoms with Crippen molar-refractivity contribution in [2.45, 2.75) is 32.7 Å². The molecule has 0 radical (unpaired) electrons. The summed E-state index contributed by atoms with van der Waals surface area (Å²) in [5, 5.41) is 4.26. The number of hydrogen-bond acceptors (Lipinski definition) is 6. The van der Waals surface area contributed by atoms with Crippen molar-refractivity contribution < 1.29 is 17.9 Å².